The van der Waals surface area contributed by atoms with Crippen LogP contribution in [0.2, 0.25) is 0 Å². The van der Waals surface area contributed by atoms with Gasteiger partial charge in [-0.25, -0.2) is 19.6 Å². The van der Waals surface area contributed by atoms with Crippen LogP contribution in [0.15, 0.2) is 204 Å². The third-order valence-electron chi connectivity index (χ3n) is 19.1. The average molecular weight is 1430 g/mol. The second-order valence-corrected chi connectivity index (χ2v) is 27.5. The fourth-order valence-corrected chi connectivity index (χ4v) is 12.7. The zero-order valence-electron chi connectivity index (χ0n) is 59.0. The van der Waals surface area contributed by atoms with E-state index < -0.39 is 29.5 Å². The number of ketones is 1. The molecular weight excluding hydrogens is 1360 g/mol. The van der Waals surface area contributed by atoms with Crippen LogP contribution in [0.25, 0.3) is 77.1 Å². The molecule has 3 saturated heterocycles. The van der Waals surface area contributed by atoms with Gasteiger partial charge in [0.15, 0.2) is 33.5 Å². The first kappa shape index (κ1) is 73.2. The van der Waals surface area contributed by atoms with E-state index in [9.17, 15) is 33.6 Å². The lowest BCUT2D eigenvalue weighted by Crippen LogP contribution is -2.61. The lowest BCUT2D eigenvalue weighted by Gasteiger charge is -2.45. The van der Waals surface area contributed by atoms with Gasteiger partial charge < -0.3 is 52.8 Å². The number of benzene rings is 8. The molecular formula is C78H71BN12O15. The number of nitrogens with zero attached hydrogens (tertiary/aromatic N) is 11. The molecule has 0 radical (unpaired) electrons. The van der Waals surface area contributed by atoms with Gasteiger partial charge in [-0.15, -0.1) is 0 Å². The van der Waals surface area contributed by atoms with Crippen LogP contribution in [-0.2, 0) is 69.2 Å². The maximum Gasteiger partial charge on any atom is 0.494 e. The molecule has 0 spiro atoms. The van der Waals surface area contributed by atoms with Crippen molar-refractivity contribution in [2.45, 2.75) is 118 Å². The summed E-state index contributed by atoms with van der Waals surface area (Å²) >= 11 is 0. The summed E-state index contributed by atoms with van der Waals surface area (Å²) in [6.07, 6.45) is 0.414. The Kier molecular flexibility index (Phi) is 21.5. The highest BCUT2D eigenvalue weighted by Gasteiger charge is 2.56. The minimum atomic E-state index is -1.06. The number of β-lactam (4-membered cyclic amide) rings is 2. The normalized spacial score (nSPS) is 17.3. The molecule has 6 aromatic rings. The van der Waals surface area contributed by atoms with Crippen LogP contribution in [0.1, 0.15) is 96.0 Å². The van der Waals surface area contributed by atoms with E-state index in [-0.39, 0.29) is 103 Å². The number of azide groups is 2. The van der Waals surface area contributed by atoms with Crippen molar-refractivity contribution >= 4 is 87.0 Å². The largest absolute Gasteiger partial charge is 0.494 e. The van der Waals surface area contributed by atoms with Crippen molar-refractivity contribution in [1.82, 2.24) is 20.2 Å². The maximum absolute atomic E-state index is 13.5. The molecule has 6 heterocycles. The number of hydrogen-bond acceptors (Lipinski definition) is 19. The van der Waals surface area contributed by atoms with E-state index in [1.807, 2.05) is 128 Å². The molecule has 8 aliphatic rings. The highest BCUT2D eigenvalue weighted by Crippen LogP contribution is 2.49. The number of aromatic nitrogens is 2. The highest BCUT2D eigenvalue weighted by molar-refractivity contribution is 6.62. The fourth-order valence-electron chi connectivity index (χ4n) is 12.7. The first-order valence-corrected chi connectivity index (χ1v) is 34.1. The van der Waals surface area contributed by atoms with Gasteiger partial charge in [0, 0.05) is 57.9 Å². The molecule has 6 aliphatic heterocycles. The summed E-state index contributed by atoms with van der Waals surface area (Å²) in [6.45, 7) is 16.5. The second-order valence-electron chi connectivity index (χ2n) is 27.5. The predicted octanol–water partition coefficient (Wildman–Crippen LogP) is 13.4. The van der Waals surface area contributed by atoms with Gasteiger partial charge in [-0.2, -0.15) is 4.79 Å². The van der Waals surface area contributed by atoms with Crippen molar-refractivity contribution in [3.8, 4) is 34.4 Å². The first-order valence-electron chi connectivity index (χ1n) is 34.1. The Hall–Kier alpha value is -12.6. The van der Waals surface area contributed by atoms with E-state index in [0.29, 0.717) is 86.6 Å². The maximum atomic E-state index is 13.5. The standard InChI is InChI=1S/C36H29N5O6.C25H24BNO5.C17H18N6O4/c1-20(2)33-30-17-27(34(41(30)35(33)43)36(44)46-19-22-5-9-24(10-6-22)39-40-37)23-7-3-21(4-8-23)18-45-26-12-14-29-32(16-26)47-31-15-25(42)11-13-28(31)38-29;1-24(2)25(3,4)32-26(31-24)17-7-5-16(6-8-17)15-29-19-10-12-21-23(14-19)30-22-13-18(28)9-11-20(22)27-21;1-9(2)14-12(20-16(14)25)7-13(24)15(21-18)17(26)27-8-10-3-5-11(6-4-10)22-23-19/h3-16,20,30,33H,17-19H2,1-2H3;5-14H,15H2,1-4H3;3-6,9,12,14H,7-8H2,1-2H3,(H,20,25)/t30-,33-;;12-,14-/m1.1/s1. The summed E-state index contributed by atoms with van der Waals surface area (Å²) in [4.78, 5) is 105. The van der Waals surface area contributed by atoms with Gasteiger partial charge in [0.25, 0.3) is 5.78 Å². The smallest absolute Gasteiger partial charge is 0.489 e. The molecule has 106 heavy (non-hydrogen) atoms. The Morgan fingerprint density at radius 2 is 1.07 bits per heavy atom. The number of esters is 2. The van der Waals surface area contributed by atoms with Crippen molar-refractivity contribution in [2.24, 2.45) is 33.9 Å². The summed E-state index contributed by atoms with van der Waals surface area (Å²) in [5.74, 6) is -0.687. The van der Waals surface area contributed by atoms with E-state index in [2.05, 4.69) is 40.1 Å². The number of ether oxygens (including phenoxy) is 4. The predicted molar refractivity (Wildman–Crippen MR) is 390 cm³/mol. The minimum absolute atomic E-state index is 0.0107. The number of rotatable bonds is 21. The van der Waals surface area contributed by atoms with Crippen LogP contribution < -0.4 is 31.1 Å². The number of carbonyl (C=O) groups excluding carboxylic acids is 5. The number of hydrogen-bond donors (Lipinski definition) is 1. The fraction of sp³-hybridized carbons (Fsp3) is 0.282. The van der Waals surface area contributed by atoms with Gasteiger partial charge in [-0.3, -0.25) is 24.0 Å². The van der Waals surface area contributed by atoms with E-state index in [4.69, 9.17) is 53.7 Å². The van der Waals surface area contributed by atoms with Crippen molar-refractivity contribution in [3.05, 3.63) is 250 Å². The highest BCUT2D eigenvalue weighted by atomic mass is 16.7. The van der Waals surface area contributed by atoms with Crippen molar-refractivity contribution < 1.29 is 65.9 Å². The van der Waals surface area contributed by atoms with Gasteiger partial charge >= 0.3 is 24.8 Å². The summed E-state index contributed by atoms with van der Waals surface area (Å²) in [6, 6.07) is 48.3. The van der Waals surface area contributed by atoms with Gasteiger partial charge in [0.05, 0.1) is 29.1 Å². The summed E-state index contributed by atoms with van der Waals surface area (Å²) in [5, 5.41) is 9.59. The summed E-state index contributed by atoms with van der Waals surface area (Å²) in [5.41, 5.74) is 35.0. The van der Waals surface area contributed by atoms with Crippen LogP contribution in [0.3, 0.4) is 0 Å². The minimum Gasteiger partial charge on any atom is -0.489 e. The van der Waals surface area contributed by atoms with Crippen LogP contribution in [0.5, 0.6) is 11.5 Å². The van der Waals surface area contributed by atoms with E-state index in [0.717, 1.165) is 33.3 Å². The number of carbonyl (C=O) groups is 5. The monoisotopic (exact) mass is 1430 g/mol. The number of nitrogens with one attached hydrogen (secondary N) is 1. The molecule has 536 valence electrons. The molecule has 0 aromatic heterocycles. The molecule has 6 aromatic carbocycles. The van der Waals surface area contributed by atoms with Crippen LogP contribution >= 0.6 is 0 Å². The quantitative estimate of drug-likeness (QED) is 0.00803. The van der Waals surface area contributed by atoms with Gasteiger partial charge in [0.1, 0.15) is 66.0 Å². The zero-order valence-corrected chi connectivity index (χ0v) is 59.0. The Balaban J connectivity index is 0.000000157. The lowest BCUT2D eigenvalue weighted by molar-refractivity contribution is -0.159. The molecule has 1 N–H and O–H groups in total. The topological polar surface area (TPSA) is 376 Å². The van der Waals surface area contributed by atoms with Crippen molar-refractivity contribution in [1.29, 1.82) is 0 Å². The molecule has 28 heteroatoms. The van der Waals surface area contributed by atoms with Crippen LogP contribution in [-0.4, -0.2) is 85.3 Å². The number of Topliss-reactive ketones (excluding diaryl/α,β-unsaturated/α-hetero) is 1. The Labute approximate surface area is 606 Å². The van der Waals surface area contributed by atoms with E-state index in [1.54, 1.807) is 77.7 Å². The zero-order chi connectivity index (χ0) is 75.1. The Morgan fingerprint density at radius 1 is 0.594 bits per heavy atom. The van der Waals surface area contributed by atoms with E-state index in [1.165, 1.54) is 24.3 Å². The molecule has 3 fully saturated rings. The van der Waals surface area contributed by atoms with Crippen LogP contribution in [0, 0.1) is 23.7 Å². The van der Waals surface area contributed by atoms with E-state index >= 15 is 0 Å². The third-order valence-corrected chi connectivity index (χ3v) is 19.1. The number of amides is 2. The molecule has 0 unspecified atom stereocenters. The average Bonchev–Trinajstić information content (AvgIpc) is 1.55. The molecule has 0 saturated carbocycles. The molecule has 2 amide bonds. The van der Waals surface area contributed by atoms with Gasteiger partial charge in [-0.1, -0.05) is 135 Å². The molecule has 4 atom stereocenters. The molecule has 0 bridgehead atoms. The van der Waals surface area contributed by atoms with Crippen molar-refractivity contribution in [3.63, 3.8) is 0 Å². The van der Waals surface area contributed by atoms with Crippen molar-refractivity contribution in [2.75, 3.05) is 0 Å². The van der Waals surface area contributed by atoms with Crippen LogP contribution in [0.4, 0.5) is 11.4 Å². The second kappa shape index (κ2) is 31.2. The SMILES string of the molecule is CC(C)[C@H]1C(=O)N2C(C(=O)OCc3ccc(N=[N+]=[N-])cc3)=C(c3ccc(COc4ccc5nc6ccc(=O)cc-6oc5c4)cc3)C[C@H]12.CC(C)[C@H]1C(=O)N[C@@H]1CC(=O)C(=[N+]=[N-])C(=O)OCc1ccc(N=[N+]=[N-])cc1.CC1(C)OB(c2ccc(COc3ccc4nc5ccc(=O)cc-5oc4c3)cc2)OC1(C)C. The number of fused-ring (bicyclic) bond motifs is 5. The Bertz CT molecular complexity index is 5280. The molecule has 2 aliphatic carbocycles. The summed E-state index contributed by atoms with van der Waals surface area (Å²) < 4.78 is 46.7. The first-order chi connectivity index (χ1) is 50.8. The van der Waals surface area contributed by atoms with Gasteiger partial charge in [-0.05, 0) is 144 Å². The lowest BCUT2D eigenvalue weighted by atomic mass is 9.78. The van der Waals surface area contributed by atoms with Gasteiger partial charge in [0.2, 0.25) is 11.8 Å². The Morgan fingerprint density at radius 3 is 1.54 bits per heavy atom. The molecule has 27 nitrogen and oxygen atoms in total. The summed E-state index contributed by atoms with van der Waals surface area (Å²) in [7, 11) is -0.381. The third kappa shape index (κ3) is 16.3. The molecule has 14 rings (SSSR count).